The first-order chi connectivity index (χ1) is 10.3. The van der Waals surface area contributed by atoms with Crippen LogP contribution in [0.5, 0.6) is 0 Å². The first-order valence-electron chi connectivity index (χ1n) is 6.35. The molecule has 22 heavy (non-hydrogen) atoms. The Morgan fingerprint density at radius 1 is 1.41 bits per heavy atom. The monoisotopic (exact) mass is 330 g/mol. The number of alkyl halides is 3. The van der Waals surface area contributed by atoms with Gasteiger partial charge in [0.2, 0.25) is 5.91 Å². The highest BCUT2D eigenvalue weighted by Gasteiger charge is 2.58. The van der Waals surface area contributed by atoms with Gasteiger partial charge in [0.05, 0.1) is 11.8 Å². The van der Waals surface area contributed by atoms with E-state index in [2.05, 4.69) is 15.3 Å². The van der Waals surface area contributed by atoms with Crippen molar-refractivity contribution >= 4 is 39.9 Å². The number of aromatic nitrogens is 2. The maximum Gasteiger partial charge on any atom is 0.392 e. The molecule has 2 heterocycles. The number of carbonyl (C=O) groups is 1. The molecule has 0 saturated heterocycles. The number of fused-ring (bicyclic) bond motifs is 1. The molecule has 5 nitrogen and oxygen atoms in total. The molecular weight excluding hydrogens is 321 g/mol. The molecule has 2 aromatic rings. The smallest absolute Gasteiger partial charge is 0.383 e. The summed E-state index contributed by atoms with van der Waals surface area (Å²) in [4.78, 5) is 19.6. The number of amides is 1. The van der Waals surface area contributed by atoms with E-state index in [1.165, 1.54) is 18.3 Å². The first kappa shape index (κ1) is 14.8. The highest BCUT2D eigenvalue weighted by Crippen LogP contribution is 2.50. The van der Waals surface area contributed by atoms with Crippen LogP contribution in [-0.4, -0.2) is 22.1 Å². The van der Waals surface area contributed by atoms with Crippen LogP contribution in [0.15, 0.2) is 18.3 Å². The van der Waals surface area contributed by atoms with Crippen LogP contribution in [0.2, 0.25) is 5.15 Å². The average Bonchev–Trinajstić information content (AvgIpc) is 3.17. The molecule has 2 aromatic heterocycles. The second-order valence-corrected chi connectivity index (χ2v) is 5.49. The van der Waals surface area contributed by atoms with Gasteiger partial charge in [-0.25, -0.2) is 9.97 Å². The lowest BCUT2D eigenvalue weighted by molar-refractivity contribution is -0.153. The van der Waals surface area contributed by atoms with Gasteiger partial charge in [0, 0.05) is 11.6 Å². The quantitative estimate of drug-likeness (QED) is 0.829. The van der Waals surface area contributed by atoms with Crippen LogP contribution in [0, 0.1) is 11.8 Å². The van der Waals surface area contributed by atoms with Crippen LogP contribution in [0.25, 0.3) is 10.8 Å². The van der Waals surface area contributed by atoms with Gasteiger partial charge in [0.1, 0.15) is 16.8 Å². The van der Waals surface area contributed by atoms with E-state index in [0.29, 0.717) is 10.8 Å². The number of nitrogens with zero attached hydrogens (tertiary/aromatic N) is 2. The Balaban J connectivity index is 1.79. The molecule has 1 fully saturated rings. The van der Waals surface area contributed by atoms with Gasteiger partial charge in [0.25, 0.3) is 0 Å². The van der Waals surface area contributed by atoms with Gasteiger partial charge in [-0.2, -0.15) is 13.2 Å². The van der Waals surface area contributed by atoms with E-state index in [0.717, 1.165) is 0 Å². The van der Waals surface area contributed by atoms with Gasteiger partial charge in [-0.3, -0.25) is 4.79 Å². The highest BCUT2D eigenvalue weighted by atomic mass is 35.5. The van der Waals surface area contributed by atoms with E-state index >= 15 is 0 Å². The number of hydrogen-bond donors (Lipinski definition) is 2. The van der Waals surface area contributed by atoms with Crippen LogP contribution in [0.3, 0.4) is 0 Å². The zero-order valence-electron chi connectivity index (χ0n) is 11.0. The van der Waals surface area contributed by atoms with Crippen molar-refractivity contribution in [1.29, 1.82) is 0 Å². The fourth-order valence-corrected chi connectivity index (χ4v) is 2.48. The summed E-state index contributed by atoms with van der Waals surface area (Å²) >= 11 is 5.79. The van der Waals surface area contributed by atoms with E-state index in [1.807, 2.05) is 0 Å². The number of nitrogens with two attached hydrogens (primary N) is 1. The van der Waals surface area contributed by atoms with Crippen molar-refractivity contribution in [3.8, 4) is 0 Å². The van der Waals surface area contributed by atoms with E-state index in [1.54, 1.807) is 0 Å². The average molecular weight is 331 g/mol. The summed E-state index contributed by atoms with van der Waals surface area (Å²) in [7, 11) is 0. The normalized spacial score (nSPS) is 20.9. The fraction of sp³-hybridized carbons (Fsp3) is 0.308. The van der Waals surface area contributed by atoms with Crippen molar-refractivity contribution in [2.45, 2.75) is 12.6 Å². The molecule has 1 amide bonds. The number of halogens is 4. The summed E-state index contributed by atoms with van der Waals surface area (Å²) in [5, 5.41) is 3.69. The molecule has 9 heteroatoms. The molecule has 0 aliphatic heterocycles. The van der Waals surface area contributed by atoms with Gasteiger partial charge < -0.3 is 11.1 Å². The molecule has 2 unspecified atom stereocenters. The van der Waals surface area contributed by atoms with Crippen LogP contribution in [-0.2, 0) is 4.79 Å². The minimum Gasteiger partial charge on any atom is -0.383 e. The van der Waals surface area contributed by atoms with E-state index in [9.17, 15) is 18.0 Å². The molecule has 3 rings (SSSR count). The van der Waals surface area contributed by atoms with E-state index in [-0.39, 0.29) is 23.2 Å². The van der Waals surface area contributed by atoms with Crippen LogP contribution in [0.4, 0.5) is 24.8 Å². The molecular formula is C13H10ClF3N4O. The predicted octanol–water partition coefficient (Wildman–Crippen LogP) is 3.00. The van der Waals surface area contributed by atoms with Crippen LogP contribution in [0.1, 0.15) is 6.42 Å². The summed E-state index contributed by atoms with van der Waals surface area (Å²) in [6.45, 7) is 0. The Morgan fingerprint density at radius 3 is 2.77 bits per heavy atom. The maximum atomic E-state index is 12.5. The molecule has 0 bridgehead atoms. The Morgan fingerprint density at radius 2 is 2.14 bits per heavy atom. The summed E-state index contributed by atoms with van der Waals surface area (Å²) < 4.78 is 37.4. The molecule has 0 aromatic carbocycles. The van der Waals surface area contributed by atoms with Crippen molar-refractivity contribution in [1.82, 2.24) is 9.97 Å². The lowest BCUT2D eigenvalue weighted by Crippen LogP contribution is -2.20. The molecule has 1 aliphatic rings. The van der Waals surface area contributed by atoms with Crippen molar-refractivity contribution in [2.24, 2.45) is 11.8 Å². The predicted molar refractivity (Wildman–Crippen MR) is 75.2 cm³/mol. The maximum absolute atomic E-state index is 12.5. The Hall–Kier alpha value is -2.09. The van der Waals surface area contributed by atoms with Gasteiger partial charge in [-0.15, -0.1) is 0 Å². The summed E-state index contributed by atoms with van der Waals surface area (Å²) in [6, 6.07) is 3.02. The second-order valence-electron chi connectivity index (χ2n) is 5.10. The molecule has 3 N–H and O–H groups in total. The fourth-order valence-electron chi connectivity index (χ4n) is 2.27. The standard InChI is InChI=1S/C13H10ClF3N4O/c14-9-1-5-2-10(19-4-7(5)11(18)20-9)21-12(22)6-3-8(6)13(15,16)17/h1-2,4,6,8H,3H2,(H2,18,20)(H,19,21,22). The van der Waals surface area contributed by atoms with E-state index < -0.39 is 23.9 Å². The number of pyridine rings is 2. The van der Waals surface area contributed by atoms with Crippen molar-refractivity contribution in [3.63, 3.8) is 0 Å². The number of nitrogens with one attached hydrogen (secondary N) is 1. The largest absolute Gasteiger partial charge is 0.392 e. The zero-order valence-corrected chi connectivity index (χ0v) is 11.7. The van der Waals surface area contributed by atoms with Crippen LogP contribution >= 0.6 is 11.6 Å². The molecule has 0 radical (unpaired) electrons. The van der Waals surface area contributed by atoms with E-state index in [4.69, 9.17) is 17.3 Å². The van der Waals surface area contributed by atoms with Crippen molar-refractivity contribution < 1.29 is 18.0 Å². The molecule has 1 aliphatic carbocycles. The third-order valence-electron chi connectivity index (χ3n) is 3.51. The minimum atomic E-state index is -4.34. The molecule has 2 atom stereocenters. The Bertz CT molecular complexity index is 765. The van der Waals surface area contributed by atoms with Crippen molar-refractivity contribution in [2.75, 3.05) is 11.1 Å². The topological polar surface area (TPSA) is 80.9 Å². The number of hydrogen-bond acceptors (Lipinski definition) is 4. The minimum absolute atomic E-state index is 0.145. The first-order valence-corrected chi connectivity index (χ1v) is 6.73. The lowest BCUT2D eigenvalue weighted by Gasteiger charge is -2.08. The third-order valence-corrected chi connectivity index (χ3v) is 3.71. The Kier molecular flexibility index (Phi) is 3.36. The SMILES string of the molecule is Nc1nc(Cl)cc2cc(NC(=O)C3CC3C(F)(F)F)ncc12. The molecule has 116 valence electrons. The molecule has 1 saturated carbocycles. The number of carbonyl (C=O) groups excluding carboxylic acids is 1. The van der Waals surface area contributed by atoms with Gasteiger partial charge in [-0.1, -0.05) is 11.6 Å². The zero-order chi connectivity index (χ0) is 16.1. The molecule has 0 spiro atoms. The lowest BCUT2D eigenvalue weighted by atomic mass is 10.2. The summed E-state index contributed by atoms with van der Waals surface area (Å²) in [5.74, 6) is -2.98. The van der Waals surface area contributed by atoms with Crippen LogP contribution < -0.4 is 11.1 Å². The third kappa shape index (κ3) is 2.78. The van der Waals surface area contributed by atoms with Gasteiger partial charge in [-0.05, 0) is 23.9 Å². The summed E-state index contributed by atoms with van der Waals surface area (Å²) in [6.07, 6.45) is -3.14. The number of nitrogen functional groups attached to an aromatic ring is 1. The van der Waals surface area contributed by atoms with Gasteiger partial charge >= 0.3 is 6.18 Å². The second kappa shape index (κ2) is 4.98. The number of rotatable bonds is 2. The number of anilines is 2. The van der Waals surface area contributed by atoms with Gasteiger partial charge in [0.15, 0.2) is 0 Å². The Labute approximate surface area is 127 Å². The highest BCUT2D eigenvalue weighted by molar-refractivity contribution is 6.30. The van der Waals surface area contributed by atoms with Crippen molar-refractivity contribution in [3.05, 3.63) is 23.5 Å². The summed E-state index contributed by atoms with van der Waals surface area (Å²) in [5.41, 5.74) is 5.68.